The van der Waals surface area contributed by atoms with Crippen molar-refractivity contribution >= 4 is 11.6 Å². The van der Waals surface area contributed by atoms with E-state index in [0.717, 1.165) is 48.9 Å². The van der Waals surface area contributed by atoms with E-state index in [0.29, 0.717) is 19.8 Å². The molecule has 1 aromatic heterocycles. The first-order chi connectivity index (χ1) is 14.1. The van der Waals surface area contributed by atoms with E-state index in [9.17, 15) is 0 Å². The van der Waals surface area contributed by atoms with Crippen molar-refractivity contribution in [3.8, 4) is 5.75 Å². The SMILES string of the molecule is CCNC(=NCc1c(CC)nn(C)c1CC)Nc1cccc(OCCCOC)c1. The minimum atomic E-state index is 0.600. The van der Waals surface area contributed by atoms with Crippen molar-refractivity contribution < 1.29 is 9.47 Å². The summed E-state index contributed by atoms with van der Waals surface area (Å²) in [5.74, 6) is 1.58. The van der Waals surface area contributed by atoms with Crippen molar-refractivity contribution in [3.63, 3.8) is 0 Å². The highest BCUT2D eigenvalue weighted by Gasteiger charge is 2.13. The van der Waals surface area contributed by atoms with E-state index in [4.69, 9.17) is 14.5 Å². The molecule has 2 N–H and O–H groups in total. The molecule has 2 aromatic rings. The summed E-state index contributed by atoms with van der Waals surface area (Å²) in [6, 6.07) is 7.92. The summed E-state index contributed by atoms with van der Waals surface area (Å²) in [6.45, 7) is 9.07. The van der Waals surface area contributed by atoms with E-state index in [1.807, 2.05) is 36.0 Å². The van der Waals surface area contributed by atoms with Crippen LogP contribution in [0.25, 0.3) is 0 Å². The molecule has 1 aromatic carbocycles. The maximum atomic E-state index is 5.79. The molecule has 0 radical (unpaired) electrons. The Morgan fingerprint density at radius 2 is 2.00 bits per heavy atom. The second-order valence-corrected chi connectivity index (χ2v) is 6.75. The monoisotopic (exact) mass is 401 g/mol. The molecule has 0 fully saturated rings. The van der Waals surface area contributed by atoms with Gasteiger partial charge in [-0.25, -0.2) is 4.99 Å². The van der Waals surface area contributed by atoms with Gasteiger partial charge in [0.25, 0.3) is 0 Å². The van der Waals surface area contributed by atoms with Gasteiger partial charge in [-0.2, -0.15) is 5.10 Å². The van der Waals surface area contributed by atoms with Gasteiger partial charge in [0.15, 0.2) is 5.96 Å². The average molecular weight is 402 g/mol. The Hall–Kier alpha value is -2.54. The summed E-state index contributed by atoms with van der Waals surface area (Å²) >= 11 is 0. The van der Waals surface area contributed by atoms with Crippen LogP contribution >= 0.6 is 0 Å². The van der Waals surface area contributed by atoms with Crippen molar-refractivity contribution in [2.75, 3.05) is 32.2 Å². The average Bonchev–Trinajstić information content (AvgIpc) is 3.04. The summed E-state index contributed by atoms with van der Waals surface area (Å²) in [7, 11) is 3.71. The molecule has 0 aliphatic heterocycles. The third-order valence-electron chi connectivity index (χ3n) is 4.63. The number of nitrogens with one attached hydrogen (secondary N) is 2. The molecule has 0 aliphatic rings. The molecular weight excluding hydrogens is 366 g/mol. The molecule has 0 bridgehead atoms. The minimum absolute atomic E-state index is 0.600. The van der Waals surface area contributed by atoms with Gasteiger partial charge in [-0.05, 0) is 31.9 Å². The fraction of sp³-hybridized carbons (Fsp3) is 0.545. The van der Waals surface area contributed by atoms with E-state index >= 15 is 0 Å². The van der Waals surface area contributed by atoms with Crippen LogP contribution in [0.1, 0.15) is 44.1 Å². The number of methoxy groups -OCH3 is 1. The van der Waals surface area contributed by atoms with Gasteiger partial charge in [0.05, 0.1) is 18.8 Å². The third-order valence-corrected chi connectivity index (χ3v) is 4.63. The normalized spacial score (nSPS) is 11.6. The second kappa shape index (κ2) is 12.1. The van der Waals surface area contributed by atoms with E-state index in [-0.39, 0.29) is 0 Å². The quantitative estimate of drug-likeness (QED) is 0.342. The number of anilines is 1. The van der Waals surface area contributed by atoms with Gasteiger partial charge in [-0.3, -0.25) is 4.68 Å². The summed E-state index contributed by atoms with van der Waals surface area (Å²) < 4.78 is 12.8. The summed E-state index contributed by atoms with van der Waals surface area (Å²) in [4.78, 5) is 4.81. The lowest BCUT2D eigenvalue weighted by Crippen LogP contribution is -2.30. The molecule has 160 valence electrons. The van der Waals surface area contributed by atoms with Crippen LogP contribution in [0.5, 0.6) is 5.75 Å². The van der Waals surface area contributed by atoms with Gasteiger partial charge >= 0.3 is 0 Å². The van der Waals surface area contributed by atoms with Gasteiger partial charge < -0.3 is 20.1 Å². The maximum Gasteiger partial charge on any atom is 0.196 e. The summed E-state index contributed by atoms with van der Waals surface area (Å²) in [5, 5.41) is 11.3. The van der Waals surface area contributed by atoms with Gasteiger partial charge in [0.2, 0.25) is 0 Å². The molecule has 1 heterocycles. The van der Waals surface area contributed by atoms with Crippen molar-refractivity contribution in [1.82, 2.24) is 15.1 Å². The number of aromatic nitrogens is 2. The Morgan fingerprint density at radius 3 is 2.69 bits per heavy atom. The smallest absolute Gasteiger partial charge is 0.196 e. The number of nitrogens with zero attached hydrogens (tertiary/aromatic N) is 3. The maximum absolute atomic E-state index is 5.79. The van der Waals surface area contributed by atoms with Gasteiger partial charge in [-0.1, -0.05) is 19.9 Å². The topological polar surface area (TPSA) is 72.7 Å². The number of ether oxygens (including phenoxy) is 2. The molecule has 0 saturated heterocycles. The fourth-order valence-corrected chi connectivity index (χ4v) is 3.23. The molecule has 29 heavy (non-hydrogen) atoms. The first-order valence-corrected chi connectivity index (χ1v) is 10.4. The van der Waals surface area contributed by atoms with Crippen LogP contribution < -0.4 is 15.4 Å². The van der Waals surface area contributed by atoms with E-state index in [2.05, 4.69) is 36.5 Å². The number of hydrogen-bond donors (Lipinski definition) is 2. The van der Waals surface area contributed by atoms with Gasteiger partial charge in [0.1, 0.15) is 5.75 Å². The zero-order chi connectivity index (χ0) is 21.1. The summed E-state index contributed by atoms with van der Waals surface area (Å²) in [6.07, 6.45) is 2.72. The van der Waals surface area contributed by atoms with Gasteiger partial charge in [0, 0.05) is 56.7 Å². The minimum Gasteiger partial charge on any atom is -0.493 e. The highest BCUT2D eigenvalue weighted by molar-refractivity contribution is 5.93. The van der Waals surface area contributed by atoms with Crippen LogP contribution in [0, 0.1) is 0 Å². The molecular formula is C22H35N5O2. The Bertz CT molecular complexity index is 786. The van der Waals surface area contributed by atoms with Gasteiger partial charge in [-0.15, -0.1) is 0 Å². The number of aryl methyl sites for hydroxylation is 2. The molecule has 0 aliphatic carbocycles. The van der Waals surface area contributed by atoms with E-state index < -0.39 is 0 Å². The molecule has 7 heteroatoms. The number of aliphatic imine (C=N–C) groups is 1. The predicted molar refractivity (Wildman–Crippen MR) is 119 cm³/mol. The number of benzene rings is 1. The molecule has 0 atom stereocenters. The summed E-state index contributed by atoms with van der Waals surface area (Å²) in [5.41, 5.74) is 4.53. The van der Waals surface area contributed by atoms with Crippen molar-refractivity contribution in [1.29, 1.82) is 0 Å². The van der Waals surface area contributed by atoms with E-state index in [1.165, 1.54) is 11.3 Å². The van der Waals surface area contributed by atoms with Crippen molar-refractivity contribution in [2.45, 2.75) is 46.6 Å². The lowest BCUT2D eigenvalue weighted by molar-refractivity contribution is 0.172. The molecule has 0 amide bonds. The van der Waals surface area contributed by atoms with Crippen LogP contribution in [-0.2, 0) is 31.2 Å². The van der Waals surface area contributed by atoms with Crippen LogP contribution in [0.2, 0.25) is 0 Å². The predicted octanol–water partition coefficient (Wildman–Crippen LogP) is 3.54. The Balaban J connectivity index is 2.10. The van der Waals surface area contributed by atoms with Crippen LogP contribution in [0.15, 0.2) is 29.3 Å². The third kappa shape index (κ3) is 6.78. The zero-order valence-corrected chi connectivity index (χ0v) is 18.4. The standard InChI is InChI=1S/C22H35N5O2/c1-6-20-19(21(7-2)27(4)26-20)16-24-22(23-8-3)25-17-11-9-12-18(15-17)29-14-10-13-28-5/h9,11-12,15H,6-8,10,13-14,16H2,1-5H3,(H2,23,24,25). The Kier molecular flexibility index (Phi) is 9.50. The fourth-order valence-electron chi connectivity index (χ4n) is 3.23. The molecule has 0 unspecified atom stereocenters. The lowest BCUT2D eigenvalue weighted by atomic mass is 10.1. The van der Waals surface area contributed by atoms with Crippen LogP contribution in [0.4, 0.5) is 5.69 Å². The molecule has 7 nitrogen and oxygen atoms in total. The van der Waals surface area contributed by atoms with Crippen molar-refractivity contribution in [3.05, 3.63) is 41.2 Å². The number of guanidine groups is 1. The molecule has 0 spiro atoms. The number of rotatable bonds is 11. The zero-order valence-electron chi connectivity index (χ0n) is 18.4. The van der Waals surface area contributed by atoms with E-state index in [1.54, 1.807) is 7.11 Å². The first-order valence-electron chi connectivity index (χ1n) is 10.4. The molecule has 2 rings (SSSR count). The largest absolute Gasteiger partial charge is 0.493 e. The van der Waals surface area contributed by atoms with Crippen LogP contribution in [0.3, 0.4) is 0 Å². The molecule has 0 saturated carbocycles. The Morgan fingerprint density at radius 1 is 1.17 bits per heavy atom. The number of hydrogen-bond acceptors (Lipinski definition) is 4. The first kappa shape index (κ1) is 22.7. The Labute approximate surface area is 174 Å². The highest BCUT2D eigenvalue weighted by atomic mass is 16.5. The second-order valence-electron chi connectivity index (χ2n) is 6.75. The highest BCUT2D eigenvalue weighted by Crippen LogP contribution is 2.19. The van der Waals surface area contributed by atoms with Crippen LogP contribution in [-0.4, -0.2) is 42.6 Å². The van der Waals surface area contributed by atoms with Crippen molar-refractivity contribution in [2.24, 2.45) is 12.0 Å². The lowest BCUT2D eigenvalue weighted by Gasteiger charge is -2.13.